The van der Waals surface area contributed by atoms with Crippen LogP contribution in [0.5, 0.6) is 0 Å². The molecule has 0 bridgehead atoms. The third-order valence-corrected chi connectivity index (χ3v) is 3.03. The molecule has 1 N–H and O–H groups in total. The predicted molar refractivity (Wildman–Crippen MR) is 69.4 cm³/mol. The smallest absolute Gasteiger partial charge is 0.321 e. The summed E-state index contributed by atoms with van der Waals surface area (Å²) in [6.07, 6.45) is 0. The van der Waals surface area contributed by atoms with Crippen molar-refractivity contribution in [2.45, 2.75) is 0 Å². The van der Waals surface area contributed by atoms with Crippen molar-refractivity contribution < 1.29 is 4.79 Å². The normalized spacial score (nSPS) is 15.0. The fourth-order valence-corrected chi connectivity index (χ4v) is 1.99. The number of carbonyl (C=O) groups excluding carboxylic acids is 1. The number of nitrogens with one attached hydrogen (secondary N) is 1. The molecule has 18 heavy (non-hydrogen) atoms. The van der Waals surface area contributed by atoms with E-state index in [-0.39, 0.29) is 6.03 Å². The van der Waals surface area contributed by atoms with Crippen LogP contribution in [0.15, 0.2) is 24.3 Å². The van der Waals surface area contributed by atoms with Gasteiger partial charge in [-0.3, -0.25) is 4.90 Å². The second-order valence-corrected chi connectivity index (χ2v) is 4.18. The van der Waals surface area contributed by atoms with Gasteiger partial charge in [0.15, 0.2) is 0 Å². The van der Waals surface area contributed by atoms with Crippen molar-refractivity contribution in [2.24, 2.45) is 0 Å². The number of hydrogen-bond donors (Lipinski definition) is 1. The van der Waals surface area contributed by atoms with Crippen LogP contribution in [-0.4, -0.2) is 44.2 Å². The highest BCUT2D eigenvalue weighted by Crippen LogP contribution is 2.20. The molecule has 1 aromatic rings. The van der Waals surface area contributed by atoms with Gasteiger partial charge in [0.1, 0.15) is 0 Å². The summed E-state index contributed by atoms with van der Waals surface area (Å²) in [6.45, 7) is 2.98. The Labute approximate surface area is 107 Å². The molecule has 1 aromatic carbocycles. The van der Waals surface area contributed by atoms with Crippen molar-refractivity contribution >= 4 is 11.7 Å². The van der Waals surface area contributed by atoms with Crippen LogP contribution in [-0.2, 0) is 0 Å². The van der Waals surface area contributed by atoms with Crippen molar-refractivity contribution in [1.29, 1.82) is 5.26 Å². The van der Waals surface area contributed by atoms with Gasteiger partial charge in [-0.25, -0.2) is 4.79 Å². The molecular weight excluding hydrogens is 228 g/mol. The van der Waals surface area contributed by atoms with E-state index in [1.54, 1.807) is 17.0 Å². The Morgan fingerprint density at radius 3 is 2.67 bits per heavy atom. The van der Waals surface area contributed by atoms with Gasteiger partial charge in [0.05, 0.1) is 11.6 Å². The lowest BCUT2D eigenvalue weighted by molar-refractivity contribution is 0.221. The van der Waals surface area contributed by atoms with E-state index in [2.05, 4.69) is 11.4 Å². The molecule has 2 amide bonds. The lowest BCUT2D eigenvalue weighted by atomic mass is 10.2. The summed E-state index contributed by atoms with van der Waals surface area (Å²) in [7, 11) is 1.87. The molecule has 0 atom stereocenters. The van der Waals surface area contributed by atoms with Gasteiger partial charge < -0.3 is 10.2 Å². The van der Waals surface area contributed by atoms with Crippen LogP contribution in [0.3, 0.4) is 0 Å². The lowest BCUT2D eigenvalue weighted by Crippen LogP contribution is -2.35. The molecular formula is C13H16N4O. The molecule has 0 unspecified atom stereocenters. The highest BCUT2D eigenvalue weighted by Gasteiger charge is 2.28. The number of hydrogen-bond acceptors (Lipinski definition) is 3. The summed E-state index contributed by atoms with van der Waals surface area (Å²) < 4.78 is 0. The fourth-order valence-electron chi connectivity index (χ4n) is 1.99. The topological polar surface area (TPSA) is 59.4 Å². The lowest BCUT2D eigenvalue weighted by Gasteiger charge is -2.18. The minimum absolute atomic E-state index is 0.0370. The average molecular weight is 244 g/mol. The maximum Gasteiger partial charge on any atom is 0.324 e. The van der Waals surface area contributed by atoms with Crippen LogP contribution >= 0.6 is 0 Å². The molecule has 1 fully saturated rings. The molecule has 0 spiro atoms. The van der Waals surface area contributed by atoms with Crippen LogP contribution in [0.25, 0.3) is 0 Å². The van der Waals surface area contributed by atoms with Crippen LogP contribution in [0.2, 0.25) is 0 Å². The number of rotatable bonds is 4. The largest absolute Gasteiger partial charge is 0.324 e. The maximum absolute atomic E-state index is 12.1. The molecule has 94 valence electrons. The molecule has 1 saturated heterocycles. The first-order chi connectivity index (χ1) is 8.76. The van der Waals surface area contributed by atoms with Crippen molar-refractivity contribution in [3.05, 3.63) is 29.8 Å². The number of likely N-dealkylation sites (N-methyl/N-ethyl adjacent to an activating group) is 1. The molecule has 0 aromatic heterocycles. The van der Waals surface area contributed by atoms with E-state index in [4.69, 9.17) is 5.26 Å². The Bertz CT molecular complexity index is 463. The Balaban J connectivity index is 2.06. The van der Waals surface area contributed by atoms with E-state index < -0.39 is 0 Å². The molecule has 5 heteroatoms. The number of urea groups is 1. The third-order valence-electron chi connectivity index (χ3n) is 3.03. The highest BCUT2D eigenvalue weighted by molar-refractivity contribution is 5.94. The van der Waals surface area contributed by atoms with E-state index in [1.807, 2.05) is 24.1 Å². The van der Waals surface area contributed by atoms with Gasteiger partial charge in [-0.05, 0) is 31.3 Å². The van der Waals surface area contributed by atoms with Crippen molar-refractivity contribution in [2.75, 3.05) is 38.1 Å². The second-order valence-electron chi connectivity index (χ2n) is 4.18. The SMILES string of the molecule is CNCCN1CCN(c2ccc(C#N)cc2)C1=O. The average Bonchev–Trinajstić information content (AvgIpc) is 2.78. The van der Waals surface area contributed by atoms with Crippen molar-refractivity contribution in [3.8, 4) is 6.07 Å². The van der Waals surface area contributed by atoms with E-state index in [9.17, 15) is 4.79 Å². The molecule has 0 aliphatic carbocycles. The number of nitrogens with zero attached hydrogens (tertiary/aromatic N) is 3. The van der Waals surface area contributed by atoms with E-state index in [0.29, 0.717) is 12.1 Å². The standard InChI is InChI=1S/C13H16N4O/c1-15-6-7-16-8-9-17(13(16)18)12-4-2-11(10-14)3-5-12/h2-5,15H,6-9H2,1H3. The molecule has 2 rings (SSSR count). The fraction of sp³-hybridized carbons (Fsp3) is 0.385. The van der Waals surface area contributed by atoms with E-state index >= 15 is 0 Å². The van der Waals surface area contributed by atoms with Crippen LogP contribution in [0.4, 0.5) is 10.5 Å². The number of amides is 2. The zero-order valence-electron chi connectivity index (χ0n) is 10.4. The van der Waals surface area contributed by atoms with Gasteiger partial charge >= 0.3 is 6.03 Å². The summed E-state index contributed by atoms with van der Waals surface area (Å²) in [6, 6.07) is 9.21. The Morgan fingerprint density at radius 1 is 1.33 bits per heavy atom. The zero-order chi connectivity index (χ0) is 13.0. The van der Waals surface area contributed by atoms with Crippen LogP contribution < -0.4 is 10.2 Å². The van der Waals surface area contributed by atoms with Gasteiger partial charge in [-0.1, -0.05) is 0 Å². The van der Waals surface area contributed by atoms with E-state index in [1.165, 1.54) is 0 Å². The van der Waals surface area contributed by atoms with Gasteiger partial charge in [0.2, 0.25) is 0 Å². The molecule has 0 saturated carbocycles. The van der Waals surface area contributed by atoms with Gasteiger partial charge in [0.25, 0.3) is 0 Å². The summed E-state index contributed by atoms with van der Waals surface area (Å²) >= 11 is 0. The molecule has 1 aliphatic rings. The Morgan fingerprint density at radius 2 is 2.06 bits per heavy atom. The third kappa shape index (κ3) is 2.44. The Kier molecular flexibility index (Phi) is 3.80. The molecule has 1 heterocycles. The summed E-state index contributed by atoms with van der Waals surface area (Å²) in [5.74, 6) is 0. The summed E-state index contributed by atoms with van der Waals surface area (Å²) in [5.41, 5.74) is 1.46. The molecule has 0 radical (unpaired) electrons. The number of nitriles is 1. The first-order valence-corrected chi connectivity index (χ1v) is 5.97. The minimum Gasteiger partial charge on any atom is -0.321 e. The first kappa shape index (κ1) is 12.4. The molecule has 5 nitrogen and oxygen atoms in total. The first-order valence-electron chi connectivity index (χ1n) is 5.97. The highest BCUT2D eigenvalue weighted by atomic mass is 16.2. The number of carbonyl (C=O) groups is 1. The Hall–Kier alpha value is -2.06. The summed E-state index contributed by atoms with van der Waals surface area (Å²) in [5, 5.41) is 11.8. The quantitative estimate of drug-likeness (QED) is 0.860. The van der Waals surface area contributed by atoms with E-state index in [0.717, 1.165) is 25.3 Å². The van der Waals surface area contributed by atoms with Crippen molar-refractivity contribution in [3.63, 3.8) is 0 Å². The van der Waals surface area contributed by atoms with Gasteiger partial charge in [-0.2, -0.15) is 5.26 Å². The molecule has 1 aliphatic heterocycles. The van der Waals surface area contributed by atoms with Crippen LogP contribution in [0, 0.1) is 11.3 Å². The van der Waals surface area contributed by atoms with Gasteiger partial charge in [-0.15, -0.1) is 0 Å². The van der Waals surface area contributed by atoms with Crippen molar-refractivity contribution in [1.82, 2.24) is 10.2 Å². The monoisotopic (exact) mass is 244 g/mol. The maximum atomic E-state index is 12.1. The number of anilines is 1. The summed E-state index contributed by atoms with van der Waals surface area (Å²) in [4.78, 5) is 15.7. The number of benzene rings is 1. The van der Waals surface area contributed by atoms with Crippen LogP contribution in [0.1, 0.15) is 5.56 Å². The second kappa shape index (κ2) is 5.52. The van der Waals surface area contributed by atoms with Gasteiger partial charge in [0, 0.05) is 31.9 Å². The zero-order valence-corrected chi connectivity index (χ0v) is 10.4. The predicted octanol–water partition coefficient (Wildman–Crippen LogP) is 1.02. The minimum atomic E-state index is 0.0370.